The van der Waals surface area contributed by atoms with Gasteiger partial charge in [0, 0.05) is 5.69 Å². The Morgan fingerprint density at radius 3 is 2.88 bits per heavy atom. The van der Waals surface area contributed by atoms with E-state index in [9.17, 15) is 14.4 Å². The van der Waals surface area contributed by atoms with Gasteiger partial charge in [-0.2, -0.15) is 5.26 Å². The van der Waals surface area contributed by atoms with Crippen LogP contribution in [0.5, 0.6) is 0 Å². The summed E-state index contributed by atoms with van der Waals surface area (Å²) in [5.41, 5.74) is -0.324. The van der Waals surface area contributed by atoms with E-state index in [0.29, 0.717) is 15.2 Å². The van der Waals surface area contributed by atoms with E-state index in [0.717, 1.165) is 0 Å². The lowest BCUT2D eigenvalue weighted by Crippen LogP contribution is -2.49. The molecule has 2 rings (SSSR count). The molecule has 0 fully saturated rings. The van der Waals surface area contributed by atoms with Gasteiger partial charge in [-0.3, -0.25) is 4.79 Å². The van der Waals surface area contributed by atoms with Crippen LogP contribution in [-0.2, 0) is 4.79 Å². The Kier molecular flexibility index (Phi) is 6.33. The van der Waals surface area contributed by atoms with Crippen molar-refractivity contribution >= 4 is 39.8 Å². The van der Waals surface area contributed by atoms with Crippen LogP contribution < -0.4 is 10.6 Å². The number of halogens is 1. The first-order valence-electron chi connectivity index (χ1n) is 7.53. The van der Waals surface area contributed by atoms with Crippen molar-refractivity contribution in [2.45, 2.75) is 30.6 Å². The van der Waals surface area contributed by atoms with Crippen molar-refractivity contribution in [3.05, 3.63) is 30.1 Å². The van der Waals surface area contributed by atoms with Gasteiger partial charge in [0.1, 0.15) is 11.4 Å². The summed E-state index contributed by atoms with van der Waals surface area (Å²) in [6.07, 6.45) is 0. The lowest BCUT2D eigenvalue weighted by molar-refractivity contribution is -0.120. The molecular weight excluding hydrogens is 361 g/mol. The van der Waals surface area contributed by atoms with E-state index in [1.807, 2.05) is 13.8 Å². The number of hydrogen-bond acceptors (Lipinski definition) is 7. The minimum Gasteiger partial charge on any atom is -0.337 e. The Morgan fingerprint density at radius 1 is 1.48 bits per heavy atom. The third-order valence-corrected chi connectivity index (χ3v) is 5.57. The number of rotatable bonds is 7. The van der Waals surface area contributed by atoms with E-state index in [4.69, 9.17) is 0 Å². The summed E-state index contributed by atoms with van der Waals surface area (Å²) >= 11 is 2.50. The van der Waals surface area contributed by atoms with Gasteiger partial charge in [0.15, 0.2) is 4.34 Å². The molecule has 0 unspecified atom stereocenters. The number of nitrogens with one attached hydrogen (secondary N) is 2. The van der Waals surface area contributed by atoms with Crippen LogP contribution in [0.4, 0.5) is 15.2 Å². The number of carbonyl (C=O) groups excluding carboxylic acids is 1. The molecule has 25 heavy (non-hydrogen) atoms. The molecule has 1 atom stereocenters. The highest BCUT2D eigenvalue weighted by Crippen LogP contribution is 2.28. The van der Waals surface area contributed by atoms with Crippen LogP contribution in [-0.4, -0.2) is 27.4 Å². The summed E-state index contributed by atoms with van der Waals surface area (Å²) in [4.78, 5) is 12.0. The third-order valence-electron chi connectivity index (χ3n) is 3.60. The minimum atomic E-state index is -0.900. The molecular formula is C16H18FN5OS2. The number of hydrogen-bond donors (Lipinski definition) is 2. The Morgan fingerprint density at radius 2 is 2.24 bits per heavy atom. The predicted molar refractivity (Wildman–Crippen MR) is 97.3 cm³/mol. The quantitative estimate of drug-likeness (QED) is 0.715. The predicted octanol–water partition coefficient (Wildman–Crippen LogP) is 3.57. The average Bonchev–Trinajstić information content (AvgIpc) is 3.00. The van der Waals surface area contributed by atoms with Gasteiger partial charge in [-0.1, -0.05) is 43.0 Å². The van der Waals surface area contributed by atoms with Crippen LogP contribution in [0.3, 0.4) is 0 Å². The third kappa shape index (κ3) is 5.41. The summed E-state index contributed by atoms with van der Waals surface area (Å²) in [7, 11) is 0. The normalized spacial score (nSPS) is 13.1. The van der Waals surface area contributed by atoms with Gasteiger partial charge in [0.2, 0.25) is 11.0 Å². The first-order chi connectivity index (χ1) is 11.8. The summed E-state index contributed by atoms with van der Waals surface area (Å²) in [6.45, 7) is 5.46. The molecule has 0 aliphatic heterocycles. The molecule has 2 N–H and O–H groups in total. The number of nitriles is 1. The minimum absolute atomic E-state index is 0.00458. The van der Waals surface area contributed by atoms with Gasteiger partial charge < -0.3 is 10.6 Å². The van der Waals surface area contributed by atoms with Gasteiger partial charge in [-0.25, -0.2) is 4.39 Å². The Bertz CT molecular complexity index is 789. The van der Waals surface area contributed by atoms with E-state index in [2.05, 4.69) is 26.9 Å². The van der Waals surface area contributed by atoms with Crippen molar-refractivity contribution in [2.75, 3.05) is 11.1 Å². The number of carbonyl (C=O) groups is 1. The van der Waals surface area contributed by atoms with Gasteiger partial charge in [0.25, 0.3) is 0 Å². The lowest BCUT2D eigenvalue weighted by atomic mass is 9.90. The van der Waals surface area contributed by atoms with Gasteiger partial charge >= 0.3 is 0 Å². The number of anilines is 2. The van der Waals surface area contributed by atoms with Crippen molar-refractivity contribution in [1.82, 2.24) is 15.5 Å². The molecule has 1 heterocycles. The van der Waals surface area contributed by atoms with Crippen molar-refractivity contribution in [2.24, 2.45) is 5.92 Å². The summed E-state index contributed by atoms with van der Waals surface area (Å²) < 4.78 is 13.8. The van der Waals surface area contributed by atoms with Crippen LogP contribution in [0, 0.1) is 23.1 Å². The first-order valence-corrected chi connectivity index (χ1v) is 9.34. The molecule has 0 spiro atoms. The zero-order chi connectivity index (χ0) is 18.4. The molecule has 0 radical (unpaired) electrons. The second-order valence-electron chi connectivity index (χ2n) is 5.81. The van der Waals surface area contributed by atoms with Crippen molar-refractivity contribution < 1.29 is 9.18 Å². The van der Waals surface area contributed by atoms with Gasteiger partial charge in [-0.15, -0.1) is 10.2 Å². The second-order valence-corrected chi connectivity index (χ2v) is 8.01. The maximum absolute atomic E-state index is 13.2. The van der Waals surface area contributed by atoms with Crippen LogP contribution >= 0.6 is 23.1 Å². The molecule has 1 amide bonds. The van der Waals surface area contributed by atoms with E-state index >= 15 is 0 Å². The Balaban J connectivity index is 1.89. The summed E-state index contributed by atoms with van der Waals surface area (Å²) in [5, 5.41) is 23.4. The molecule has 132 valence electrons. The molecule has 9 heteroatoms. The number of thioether (sulfide) groups is 1. The molecule has 6 nitrogen and oxygen atoms in total. The monoisotopic (exact) mass is 379 g/mol. The van der Waals surface area contributed by atoms with Crippen LogP contribution in [0.2, 0.25) is 0 Å². The molecule has 1 aromatic carbocycles. The first kappa shape index (κ1) is 19.1. The second kappa shape index (κ2) is 8.27. The number of aromatic nitrogens is 2. The molecule has 0 saturated carbocycles. The van der Waals surface area contributed by atoms with Crippen LogP contribution in [0.1, 0.15) is 20.8 Å². The molecule has 0 aliphatic carbocycles. The van der Waals surface area contributed by atoms with E-state index in [-0.39, 0.29) is 23.4 Å². The molecule has 0 bridgehead atoms. The topological polar surface area (TPSA) is 90.7 Å². The zero-order valence-corrected chi connectivity index (χ0v) is 15.7. The fourth-order valence-electron chi connectivity index (χ4n) is 1.76. The van der Waals surface area contributed by atoms with Crippen molar-refractivity contribution in [3.8, 4) is 6.07 Å². The van der Waals surface area contributed by atoms with E-state index in [1.165, 1.54) is 35.2 Å². The van der Waals surface area contributed by atoms with Gasteiger partial charge in [0.05, 0.1) is 11.8 Å². The fourth-order valence-corrected chi connectivity index (χ4v) is 3.33. The van der Waals surface area contributed by atoms with Crippen LogP contribution in [0.25, 0.3) is 0 Å². The highest BCUT2D eigenvalue weighted by molar-refractivity contribution is 8.01. The maximum atomic E-state index is 13.2. The maximum Gasteiger partial charge on any atom is 0.231 e. The van der Waals surface area contributed by atoms with Crippen molar-refractivity contribution in [1.29, 1.82) is 5.26 Å². The molecule has 0 aliphatic rings. The zero-order valence-electron chi connectivity index (χ0n) is 14.0. The van der Waals surface area contributed by atoms with E-state index < -0.39 is 5.54 Å². The van der Waals surface area contributed by atoms with Crippen LogP contribution in [0.15, 0.2) is 28.6 Å². The SMILES string of the molecule is CC(C)[C@](C)(C#N)NC(=O)CSc1nnc(Nc2cccc(F)c2)s1. The fraction of sp³-hybridized carbons (Fsp3) is 0.375. The Labute approximate surface area is 153 Å². The average molecular weight is 379 g/mol. The standard InChI is InChI=1S/C16H18FN5OS2/c1-10(2)16(3,9-18)20-13(23)8-24-15-22-21-14(25-15)19-12-6-4-5-11(17)7-12/h4-7,10H,8H2,1-3H3,(H,19,21)(H,20,23)/t16-/m0/s1. The van der Waals surface area contributed by atoms with E-state index in [1.54, 1.807) is 19.1 Å². The molecule has 0 saturated heterocycles. The van der Waals surface area contributed by atoms with Gasteiger partial charge in [-0.05, 0) is 31.0 Å². The highest BCUT2D eigenvalue weighted by atomic mass is 32.2. The largest absolute Gasteiger partial charge is 0.337 e. The molecule has 1 aromatic heterocycles. The summed E-state index contributed by atoms with van der Waals surface area (Å²) in [6, 6.07) is 8.17. The summed E-state index contributed by atoms with van der Waals surface area (Å²) in [5.74, 6) is -0.447. The number of nitrogens with zero attached hydrogens (tertiary/aromatic N) is 3. The van der Waals surface area contributed by atoms with Crippen molar-refractivity contribution in [3.63, 3.8) is 0 Å². The Hall–Kier alpha value is -2.18. The number of benzene rings is 1. The molecule has 2 aromatic rings. The lowest BCUT2D eigenvalue weighted by Gasteiger charge is -2.27. The smallest absolute Gasteiger partial charge is 0.231 e. The number of amides is 1. The highest BCUT2D eigenvalue weighted by Gasteiger charge is 2.29.